The molecule has 6 nitrogen and oxygen atoms in total. The van der Waals surface area contributed by atoms with Crippen LogP contribution in [-0.2, 0) is 22.3 Å². The van der Waals surface area contributed by atoms with Crippen LogP contribution in [-0.4, -0.2) is 41.5 Å². The lowest BCUT2D eigenvalue weighted by atomic mass is 10.1. The van der Waals surface area contributed by atoms with Gasteiger partial charge in [-0.2, -0.15) is 13.2 Å². The number of allylic oxidation sites excluding steroid dienone is 1. The van der Waals surface area contributed by atoms with E-state index >= 15 is 0 Å². The molecule has 1 amide bonds. The Morgan fingerprint density at radius 2 is 2.03 bits per heavy atom. The Kier molecular flexibility index (Phi) is 7.81. The van der Waals surface area contributed by atoms with Gasteiger partial charge < -0.3 is 19.4 Å². The number of amides is 1. The van der Waals surface area contributed by atoms with Crippen molar-refractivity contribution >= 4 is 34.4 Å². The number of thioether (sulfide) groups is 1. The van der Waals surface area contributed by atoms with Crippen LogP contribution in [0.1, 0.15) is 5.56 Å². The Balaban J connectivity index is 1.76. The van der Waals surface area contributed by atoms with Crippen molar-refractivity contribution in [2.24, 2.45) is 0 Å². The molecule has 0 radical (unpaired) electrons. The van der Waals surface area contributed by atoms with E-state index in [9.17, 15) is 18.0 Å². The van der Waals surface area contributed by atoms with Gasteiger partial charge in [-0.05, 0) is 30.3 Å². The highest BCUT2D eigenvalue weighted by Gasteiger charge is 2.31. The molecule has 0 atom stereocenters. The van der Waals surface area contributed by atoms with Gasteiger partial charge in [0.25, 0.3) is 0 Å². The van der Waals surface area contributed by atoms with Gasteiger partial charge in [0.1, 0.15) is 12.4 Å². The molecule has 0 saturated carbocycles. The molecule has 0 unspecified atom stereocenters. The fourth-order valence-electron chi connectivity index (χ4n) is 2.95. The molecule has 170 valence electrons. The first-order valence-electron chi connectivity index (χ1n) is 9.65. The summed E-state index contributed by atoms with van der Waals surface area (Å²) in [5.41, 5.74) is 0.749. The van der Waals surface area contributed by atoms with Crippen molar-refractivity contribution in [2.45, 2.75) is 17.9 Å². The lowest BCUT2D eigenvalue weighted by Crippen LogP contribution is -2.17. The number of hydrogen-bond donors (Lipinski definition) is 1. The van der Waals surface area contributed by atoms with Crippen LogP contribution in [0.2, 0.25) is 0 Å². The maximum absolute atomic E-state index is 13.1. The summed E-state index contributed by atoms with van der Waals surface area (Å²) in [6.07, 6.45) is -2.82. The van der Waals surface area contributed by atoms with Crippen LogP contribution in [0, 0.1) is 0 Å². The van der Waals surface area contributed by atoms with Crippen LogP contribution in [0.4, 0.5) is 18.9 Å². The molecule has 0 aliphatic heterocycles. The molecule has 0 aliphatic carbocycles. The van der Waals surface area contributed by atoms with Gasteiger partial charge >= 0.3 is 6.18 Å². The first kappa shape index (κ1) is 23.7. The lowest BCUT2D eigenvalue weighted by Gasteiger charge is -2.15. The Labute approximate surface area is 187 Å². The zero-order chi connectivity index (χ0) is 23.1. The number of imidazole rings is 1. The van der Waals surface area contributed by atoms with E-state index in [0.29, 0.717) is 11.7 Å². The molecular weight excluding hydrogens is 443 g/mol. The van der Waals surface area contributed by atoms with Crippen molar-refractivity contribution in [3.8, 4) is 5.75 Å². The van der Waals surface area contributed by atoms with Crippen LogP contribution in [0.15, 0.2) is 60.3 Å². The number of fused-ring (bicyclic) bond motifs is 1. The largest absolute Gasteiger partial charge is 0.489 e. The van der Waals surface area contributed by atoms with Crippen molar-refractivity contribution in [1.29, 1.82) is 0 Å². The number of nitrogens with zero attached hydrogens (tertiary/aromatic N) is 2. The van der Waals surface area contributed by atoms with E-state index in [1.807, 2.05) is 28.8 Å². The van der Waals surface area contributed by atoms with E-state index in [4.69, 9.17) is 9.47 Å². The van der Waals surface area contributed by atoms with Gasteiger partial charge in [-0.3, -0.25) is 4.79 Å². The predicted molar refractivity (Wildman–Crippen MR) is 118 cm³/mol. The Bertz CT molecular complexity index is 1100. The predicted octanol–water partition coefficient (Wildman–Crippen LogP) is 5.00. The monoisotopic (exact) mass is 465 g/mol. The van der Waals surface area contributed by atoms with E-state index in [1.54, 1.807) is 6.08 Å². The maximum atomic E-state index is 13.1. The first-order valence-corrected chi connectivity index (χ1v) is 10.6. The number of hydrogen-bond acceptors (Lipinski definition) is 5. The molecule has 2 aromatic carbocycles. The lowest BCUT2D eigenvalue weighted by molar-refractivity contribution is -0.137. The number of rotatable bonds is 10. The van der Waals surface area contributed by atoms with Gasteiger partial charge in [0.15, 0.2) is 5.16 Å². The van der Waals surface area contributed by atoms with E-state index in [1.165, 1.54) is 24.9 Å². The van der Waals surface area contributed by atoms with Crippen molar-refractivity contribution in [1.82, 2.24) is 9.55 Å². The number of anilines is 1. The molecule has 0 bridgehead atoms. The average molecular weight is 465 g/mol. The molecule has 0 aliphatic rings. The van der Waals surface area contributed by atoms with Crippen molar-refractivity contribution in [2.75, 3.05) is 31.4 Å². The number of nitrogens with one attached hydrogen (secondary N) is 1. The number of methoxy groups -OCH3 is 1. The second-order valence-corrected chi connectivity index (χ2v) is 7.61. The van der Waals surface area contributed by atoms with Gasteiger partial charge in [0, 0.05) is 13.7 Å². The number of benzene rings is 2. The summed E-state index contributed by atoms with van der Waals surface area (Å²) in [5.74, 6) is -0.399. The van der Waals surface area contributed by atoms with Crippen molar-refractivity contribution < 1.29 is 27.4 Å². The fraction of sp³-hybridized carbons (Fsp3) is 0.273. The molecule has 0 spiro atoms. The van der Waals surface area contributed by atoms with Gasteiger partial charge in [-0.15, -0.1) is 6.58 Å². The zero-order valence-electron chi connectivity index (χ0n) is 17.3. The highest BCUT2D eigenvalue weighted by Crippen LogP contribution is 2.35. The molecule has 1 aromatic heterocycles. The van der Waals surface area contributed by atoms with Crippen LogP contribution >= 0.6 is 11.8 Å². The molecule has 32 heavy (non-hydrogen) atoms. The minimum absolute atomic E-state index is 0.0474. The van der Waals surface area contributed by atoms with E-state index in [-0.39, 0.29) is 30.4 Å². The van der Waals surface area contributed by atoms with Crippen molar-refractivity contribution in [3.63, 3.8) is 0 Å². The highest BCUT2D eigenvalue weighted by molar-refractivity contribution is 7.99. The number of ether oxygens (including phenoxy) is 2. The Morgan fingerprint density at radius 3 is 2.75 bits per heavy atom. The molecule has 3 rings (SSSR count). The number of alkyl halides is 3. The Morgan fingerprint density at radius 1 is 1.25 bits per heavy atom. The Hall–Kier alpha value is -2.98. The molecule has 1 heterocycles. The smallest absolute Gasteiger partial charge is 0.416 e. The fourth-order valence-corrected chi connectivity index (χ4v) is 3.77. The number of carbonyl (C=O) groups is 1. The van der Waals surface area contributed by atoms with E-state index in [0.717, 1.165) is 23.2 Å². The summed E-state index contributed by atoms with van der Waals surface area (Å²) >= 11 is 1.19. The van der Waals surface area contributed by atoms with Gasteiger partial charge in [-0.1, -0.05) is 30.0 Å². The normalized spacial score (nSPS) is 11.5. The zero-order valence-corrected chi connectivity index (χ0v) is 18.1. The summed E-state index contributed by atoms with van der Waals surface area (Å²) in [6.45, 7) is 4.64. The topological polar surface area (TPSA) is 65.4 Å². The summed E-state index contributed by atoms with van der Waals surface area (Å²) < 4.78 is 51.7. The number of aromatic nitrogens is 2. The minimum Gasteiger partial charge on any atom is -0.489 e. The number of para-hydroxylation sites is 2. The second kappa shape index (κ2) is 10.6. The van der Waals surface area contributed by atoms with Gasteiger partial charge in [0.2, 0.25) is 5.91 Å². The van der Waals surface area contributed by atoms with Crippen LogP contribution in [0.3, 0.4) is 0 Å². The molecule has 0 saturated heterocycles. The van der Waals surface area contributed by atoms with Crippen LogP contribution in [0.5, 0.6) is 5.75 Å². The van der Waals surface area contributed by atoms with E-state index in [2.05, 4.69) is 16.9 Å². The van der Waals surface area contributed by atoms with Gasteiger partial charge in [-0.25, -0.2) is 4.98 Å². The summed E-state index contributed by atoms with van der Waals surface area (Å²) in [7, 11) is 1.48. The van der Waals surface area contributed by atoms with E-state index < -0.39 is 17.6 Å². The quantitative estimate of drug-likeness (QED) is 0.259. The molecule has 0 fully saturated rings. The SMILES string of the molecule is C=CCn1c(SCC(=O)Nc2cc(C(F)(F)F)ccc2OCCOC)nc2ccccc21. The maximum Gasteiger partial charge on any atom is 0.416 e. The number of halogens is 3. The third-order valence-corrected chi connectivity index (χ3v) is 5.37. The third-order valence-electron chi connectivity index (χ3n) is 4.39. The molecule has 1 N–H and O–H groups in total. The van der Waals surface area contributed by atoms with Crippen molar-refractivity contribution in [3.05, 3.63) is 60.7 Å². The van der Waals surface area contributed by atoms with Gasteiger partial charge in [0.05, 0.1) is 34.6 Å². The summed E-state index contributed by atoms with van der Waals surface area (Å²) in [6, 6.07) is 10.5. The summed E-state index contributed by atoms with van der Waals surface area (Å²) in [4.78, 5) is 17.1. The van der Waals surface area contributed by atoms with Crippen LogP contribution < -0.4 is 10.1 Å². The average Bonchev–Trinajstić information content (AvgIpc) is 3.10. The first-order chi connectivity index (χ1) is 15.3. The van der Waals surface area contributed by atoms with Crippen LogP contribution in [0.25, 0.3) is 11.0 Å². The minimum atomic E-state index is -4.55. The highest BCUT2D eigenvalue weighted by atomic mass is 32.2. The molecule has 10 heteroatoms. The standard InChI is InChI=1S/C22H22F3N3O3S/c1-3-10-28-18-7-5-4-6-16(18)27-21(28)32-14-20(29)26-17-13-15(22(23,24)25)8-9-19(17)31-12-11-30-2/h3-9,13H,1,10-12,14H2,2H3,(H,26,29). The molecule has 3 aromatic rings. The third kappa shape index (κ3) is 5.83. The number of carbonyl (C=O) groups excluding carboxylic acids is 1. The molecular formula is C22H22F3N3O3S. The summed E-state index contributed by atoms with van der Waals surface area (Å²) in [5, 5.41) is 3.14. The second-order valence-electron chi connectivity index (χ2n) is 6.67.